The maximum absolute atomic E-state index is 12.7. The Labute approximate surface area is 157 Å². The van der Waals surface area contributed by atoms with Gasteiger partial charge < -0.3 is 10.6 Å². The van der Waals surface area contributed by atoms with Crippen LogP contribution in [-0.4, -0.2) is 29.9 Å². The molecule has 0 fully saturated rings. The summed E-state index contributed by atoms with van der Waals surface area (Å²) in [5.41, 5.74) is 2.08. The lowest BCUT2D eigenvalue weighted by molar-refractivity contribution is -0.118. The minimum absolute atomic E-state index is 0.233. The van der Waals surface area contributed by atoms with Gasteiger partial charge in [-0.15, -0.1) is 0 Å². The van der Waals surface area contributed by atoms with Crippen LogP contribution in [0.5, 0.6) is 0 Å². The largest absolute Gasteiger partial charge is 0.340 e. The number of hydrogen-bond donors (Lipinski definition) is 2. The van der Waals surface area contributed by atoms with Gasteiger partial charge in [0.1, 0.15) is 6.04 Å². The molecule has 0 radical (unpaired) electrons. The predicted octanol–water partition coefficient (Wildman–Crippen LogP) is 4.14. The number of thioether (sulfide) groups is 1. The number of carbonyl (C=O) groups excluding carboxylic acids is 2. The van der Waals surface area contributed by atoms with Crippen molar-refractivity contribution in [3.63, 3.8) is 0 Å². The van der Waals surface area contributed by atoms with Crippen molar-refractivity contribution in [3.8, 4) is 0 Å². The van der Waals surface area contributed by atoms with Gasteiger partial charge in [0.05, 0.1) is 10.6 Å². The molecule has 2 N–H and O–H groups in total. The van der Waals surface area contributed by atoms with Crippen LogP contribution in [0, 0.1) is 6.92 Å². The molecule has 25 heavy (non-hydrogen) atoms. The minimum atomic E-state index is -0.629. The van der Waals surface area contributed by atoms with E-state index in [0.29, 0.717) is 17.0 Å². The number of halogens is 1. The van der Waals surface area contributed by atoms with Crippen LogP contribution in [0.15, 0.2) is 48.5 Å². The zero-order valence-corrected chi connectivity index (χ0v) is 15.8. The molecule has 0 bridgehead atoms. The van der Waals surface area contributed by atoms with Gasteiger partial charge in [-0.2, -0.15) is 11.8 Å². The fraction of sp³-hybridized carbons (Fsp3) is 0.263. The number of nitrogens with one attached hydrogen (secondary N) is 2. The summed E-state index contributed by atoms with van der Waals surface area (Å²) in [4.78, 5) is 25.1. The molecular weight excluding hydrogens is 356 g/mol. The molecule has 4 nitrogen and oxygen atoms in total. The Hall–Kier alpha value is -1.98. The lowest BCUT2D eigenvalue weighted by atomic mass is 10.1. The van der Waals surface area contributed by atoms with Gasteiger partial charge in [-0.3, -0.25) is 9.59 Å². The Morgan fingerprint density at radius 3 is 2.48 bits per heavy atom. The van der Waals surface area contributed by atoms with Gasteiger partial charge in [0, 0.05) is 5.69 Å². The van der Waals surface area contributed by atoms with Gasteiger partial charge >= 0.3 is 0 Å². The molecule has 0 aliphatic heterocycles. The SMILES string of the molecule is CSCCC(NC(=O)c1ccccc1Cl)C(=O)Nc1ccccc1C. The number of rotatable bonds is 7. The van der Waals surface area contributed by atoms with Crippen LogP contribution in [0.1, 0.15) is 22.3 Å². The number of amides is 2. The van der Waals surface area contributed by atoms with E-state index in [4.69, 9.17) is 11.6 Å². The van der Waals surface area contributed by atoms with Gasteiger partial charge in [0.2, 0.25) is 5.91 Å². The lowest BCUT2D eigenvalue weighted by Crippen LogP contribution is -2.44. The molecule has 2 aromatic rings. The average Bonchev–Trinajstić information content (AvgIpc) is 2.60. The standard InChI is InChI=1S/C19H21ClN2O2S/c1-13-7-3-6-10-16(13)21-19(24)17(11-12-25-2)22-18(23)14-8-4-5-9-15(14)20/h3-10,17H,11-12H2,1-2H3,(H,21,24)(H,22,23). The summed E-state index contributed by atoms with van der Waals surface area (Å²) in [5.74, 6) is 0.176. The molecule has 0 spiro atoms. The van der Waals surface area contributed by atoms with Crippen molar-refractivity contribution in [2.75, 3.05) is 17.3 Å². The topological polar surface area (TPSA) is 58.2 Å². The zero-order chi connectivity index (χ0) is 18.2. The Morgan fingerprint density at radius 2 is 1.80 bits per heavy atom. The predicted molar refractivity (Wildman–Crippen MR) is 106 cm³/mol. The third-order valence-electron chi connectivity index (χ3n) is 3.75. The number of aryl methyl sites for hydroxylation is 1. The molecule has 2 amide bonds. The second kappa shape index (κ2) is 9.49. The highest BCUT2D eigenvalue weighted by atomic mass is 35.5. The van der Waals surface area contributed by atoms with Crippen molar-refractivity contribution >= 4 is 40.9 Å². The van der Waals surface area contributed by atoms with Crippen molar-refractivity contribution in [1.29, 1.82) is 0 Å². The molecule has 0 aromatic heterocycles. The van der Waals surface area contributed by atoms with Crippen molar-refractivity contribution < 1.29 is 9.59 Å². The summed E-state index contributed by atoms with van der Waals surface area (Å²) in [7, 11) is 0. The Kier molecular flexibility index (Phi) is 7.34. The van der Waals surface area contributed by atoms with Gasteiger partial charge in [-0.1, -0.05) is 41.9 Å². The first-order valence-corrected chi connectivity index (χ1v) is 9.71. The normalized spacial score (nSPS) is 11.6. The third kappa shape index (κ3) is 5.51. The molecule has 132 valence electrons. The monoisotopic (exact) mass is 376 g/mol. The molecule has 0 heterocycles. The third-order valence-corrected chi connectivity index (χ3v) is 4.73. The quantitative estimate of drug-likeness (QED) is 0.763. The molecule has 2 rings (SSSR count). The minimum Gasteiger partial charge on any atom is -0.340 e. The Morgan fingerprint density at radius 1 is 1.12 bits per heavy atom. The van der Waals surface area contributed by atoms with Crippen LogP contribution >= 0.6 is 23.4 Å². The van der Waals surface area contributed by atoms with E-state index in [2.05, 4.69) is 10.6 Å². The highest BCUT2D eigenvalue weighted by molar-refractivity contribution is 7.98. The van der Waals surface area contributed by atoms with Crippen LogP contribution < -0.4 is 10.6 Å². The molecule has 0 saturated carbocycles. The molecule has 0 saturated heterocycles. The van der Waals surface area contributed by atoms with Gasteiger partial charge in [-0.05, 0) is 49.1 Å². The van der Waals surface area contributed by atoms with Crippen molar-refractivity contribution in [2.24, 2.45) is 0 Å². The first-order valence-electron chi connectivity index (χ1n) is 7.93. The summed E-state index contributed by atoms with van der Waals surface area (Å²) in [5, 5.41) is 6.06. The molecule has 1 unspecified atom stereocenters. The highest BCUT2D eigenvalue weighted by Gasteiger charge is 2.22. The molecule has 6 heteroatoms. The van der Waals surface area contributed by atoms with Gasteiger partial charge in [-0.25, -0.2) is 0 Å². The summed E-state index contributed by atoms with van der Waals surface area (Å²) in [6, 6.07) is 13.7. The molecule has 0 aliphatic rings. The average molecular weight is 377 g/mol. The van der Waals surface area contributed by atoms with E-state index in [1.165, 1.54) is 0 Å². The summed E-state index contributed by atoms with van der Waals surface area (Å²) in [6.07, 6.45) is 2.50. The maximum atomic E-state index is 12.7. The second-order valence-electron chi connectivity index (χ2n) is 5.59. The molecular formula is C19H21ClN2O2S. The van der Waals surface area contributed by atoms with Crippen LogP contribution in [0.2, 0.25) is 5.02 Å². The first kappa shape index (κ1) is 19.3. The van der Waals surface area contributed by atoms with E-state index in [1.807, 2.05) is 37.4 Å². The van der Waals surface area contributed by atoms with E-state index in [9.17, 15) is 9.59 Å². The fourth-order valence-electron chi connectivity index (χ4n) is 2.32. The number of anilines is 1. The van der Waals surface area contributed by atoms with E-state index in [1.54, 1.807) is 36.0 Å². The summed E-state index contributed by atoms with van der Waals surface area (Å²) in [6.45, 7) is 1.93. The van der Waals surface area contributed by atoms with Crippen LogP contribution in [-0.2, 0) is 4.79 Å². The van der Waals surface area contributed by atoms with Gasteiger partial charge in [0.25, 0.3) is 5.91 Å². The van der Waals surface area contributed by atoms with Crippen LogP contribution in [0.25, 0.3) is 0 Å². The van der Waals surface area contributed by atoms with Crippen molar-refractivity contribution in [2.45, 2.75) is 19.4 Å². The first-order chi connectivity index (χ1) is 12.0. The smallest absolute Gasteiger partial charge is 0.253 e. The lowest BCUT2D eigenvalue weighted by Gasteiger charge is -2.19. The van der Waals surface area contributed by atoms with E-state index < -0.39 is 6.04 Å². The number of hydrogen-bond acceptors (Lipinski definition) is 3. The van der Waals surface area contributed by atoms with Crippen LogP contribution in [0.4, 0.5) is 5.69 Å². The Bertz CT molecular complexity index is 752. The number of para-hydroxylation sites is 1. The van der Waals surface area contributed by atoms with Gasteiger partial charge in [0.15, 0.2) is 0 Å². The zero-order valence-electron chi connectivity index (χ0n) is 14.2. The highest BCUT2D eigenvalue weighted by Crippen LogP contribution is 2.17. The summed E-state index contributed by atoms with van der Waals surface area (Å²) < 4.78 is 0. The van der Waals surface area contributed by atoms with Crippen molar-refractivity contribution in [3.05, 3.63) is 64.7 Å². The molecule has 2 aromatic carbocycles. The number of benzene rings is 2. The number of carbonyl (C=O) groups is 2. The van der Waals surface area contributed by atoms with Crippen molar-refractivity contribution in [1.82, 2.24) is 5.32 Å². The van der Waals surface area contributed by atoms with E-state index in [0.717, 1.165) is 17.0 Å². The molecule has 0 aliphatic carbocycles. The van der Waals surface area contributed by atoms with E-state index >= 15 is 0 Å². The fourth-order valence-corrected chi connectivity index (χ4v) is 3.01. The molecule has 1 atom stereocenters. The van der Waals surface area contributed by atoms with Crippen LogP contribution in [0.3, 0.4) is 0 Å². The van der Waals surface area contributed by atoms with E-state index in [-0.39, 0.29) is 11.8 Å². The second-order valence-corrected chi connectivity index (χ2v) is 6.98. The maximum Gasteiger partial charge on any atom is 0.253 e. The Balaban J connectivity index is 2.12. The summed E-state index contributed by atoms with van der Waals surface area (Å²) >= 11 is 7.70.